The molecule has 4 aromatic carbocycles. The van der Waals surface area contributed by atoms with E-state index >= 15 is 0 Å². The molecule has 5 aromatic rings. The summed E-state index contributed by atoms with van der Waals surface area (Å²) in [4.78, 5) is 52.1. The molecule has 0 atom stereocenters. The summed E-state index contributed by atoms with van der Waals surface area (Å²) in [5, 5.41) is 0.246. The highest BCUT2D eigenvalue weighted by Gasteiger charge is 2.36. The SMILES string of the molecule is COc1ccc(Oc2coc3cc(OC(=O)c4ccc(N5C(=O)c6ccccc6C5=O)cc4)ccc3c2=O)cc1. The summed E-state index contributed by atoms with van der Waals surface area (Å²) in [5.41, 5.74) is 1.02. The molecule has 2 amide bonds. The summed E-state index contributed by atoms with van der Waals surface area (Å²) in [7, 11) is 1.55. The van der Waals surface area contributed by atoms with Crippen molar-refractivity contribution in [3.63, 3.8) is 0 Å². The summed E-state index contributed by atoms with van der Waals surface area (Å²) in [6.45, 7) is 0. The zero-order chi connectivity index (χ0) is 27.8. The maximum Gasteiger partial charge on any atom is 0.343 e. The van der Waals surface area contributed by atoms with E-state index in [1.165, 1.54) is 48.7 Å². The lowest BCUT2D eigenvalue weighted by Crippen LogP contribution is -2.29. The van der Waals surface area contributed by atoms with Gasteiger partial charge in [0.2, 0.25) is 11.2 Å². The zero-order valence-electron chi connectivity index (χ0n) is 21.0. The molecule has 1 aromatic heterocycles. The van der Waals surface area contributed by atoms with E-state index in [4.69, 9.17) is 18.6 Å². The van der Waals surface area contributed by atoms with Crippen LogP contribution >= 0.6 is 0 Å². The number of anilines is 1. The lowest BCUT2D eigenvalue weighted by atomic mass is 10.1. The molecule has 1 aliphatic rings. The van der Waals surface area contributed by atoms with Gasteiger partial charge in [0.1, 0.15) is 29.1 Å². The predicted molar refractivity (Wildman–Crippen MR) is 145 cm³/mol. The molecule has 2 heterocycles. The van der Waals surface area contributed by atoms with E-state index in [1.807, 2.05) is 0 Å². The van der Waals surface area contributed by atoms with Crippen molar-refractivity contribution in [2.24, 2.45) is 0 Å². The molecule has 196 valence electrons. The van der Waals surface area contributed by atoms with Crippen LogP contribution in [0.25, 0.3) is 11.0 Å². The number of nitrogens with zero attached hydrogens (tertiary/aromatic N) is 1. The van der Waals surface area contributed by atoms with E-state index in [0.717, 1.165) is 4.90 Å². The largest absolute Gasteiger partial charge is 0.497 e. The number of carbonyl (C=O) groups excluding carboxylic acids is 3. The third kappa shape index (κ3) is 4.35. The molecule has 6 rings (SSSR count). The number of rotatable bonds is 6. The minimum atomic E-state index is -0.671. The average Bonchev–Trinajstić information content (AvgIpc) is 3.24. The summed E-state index contributed by atoms with van der Waals surface area (Å²) in [5.74, 6) is -0.271. The third-order valence-electron chi connectivity index (χ3n) is 6.37. The van der Waals surface area contributed by atoms with Gasteiger partial charge in [-0.2, -0.15) is 0 Å². The maximum absolute atomic E-state index is 12.9. The standard InChI is InChI=1S/C31H19NO8/c1-37-20-10-12-21(13-11-20)39-27-17-38-26-16-22(14-15-25(26)28(27)33)40-31(36)18-6-8-19(9-7-18)32-29(34)23-4-2-3-5-24(23)30(32)35/h2-17H,1H3. The van der Waals surface area contributed by atoms with Gasteiger partial charge in [0.05, 0.1) is 34.9 Å². The summed E-state index contributed by atoms with van der Waals surface area (Å²) >= 11 is 0. The van der Waals surface area contributed by atoms with Gasteiger partial charge in [0.25, 0.3) is 11.8 Å². The van der Waals surface area contributed by atoms with Gasteiger partial charge in [0, 0.05) is 6.07 Å². The molecule has 0 bridgehead atoms. The fourth-order valence-corrected chi connectivity index (χ4v) is 4.33. The van der Waals surface area contributed by atoms with Crippen LogP contribution in [0, 0.1) is 0 Å². The summed E-state index contributed by atoms with van der Waals surface area (Å²) in [6, 6.07) is 23.6. The van der Waals surface area contributed by atoms with Crippen molar-refractivity contribution in [1.82, 2.24) is 0 Å². The molecule has 0 saturated carbocycles. The number of benzene rings is 4. The van der Waals surface area contributed by atoms with Gasteiger partial charge in [-0.05, 0) is 72.8 Å². The number of ether oxygens (including phenoxy) is 3. The number of hydrogen-bond acceptors (Lipinski definition) is 8. The van der Waals surface area contributed by atoms with Crippen LogP contribution in [0.2, 0.25) is 0 Å². The minimum Gasteiger partial charge on any atom is -0.497 e. The Balaban J connectivity index is 1.17. The highest BCUT2D eigenvalue weighted by molar-refractivity contribution is 6.34. The Morgan fingerprint density at radius 1 is 0.750 bits per heavy atom. The number of imide groups is 1. The molecule has 0 unspecified atom stereocenters. The van der Waals surface area contributed by atoms with Crippen LogP contribution < -0.4 is 24.5 Å². The molecule has 1 aliphatic heterocycles. The first-order valence-electron chi connectivity index (χ1n) is 12.1. The summed E-state index contributed by atoms with van der Waals surface area (Å²) in [6.07, 6.45) is 1.19. The van der Waals surface area contributed by atoms with E-state index in [-0.39, 0.29) is 28.0 Å². The van der Waals surface area contributed by atoms with Gasteiger partial charge in [0.15, 0.2) is 0 Å². The van der Waals surface area contributed by atoms with Crippen LogP contribution in [-0.2, 0) is 0 Å². The molecule has 40 heavy (non-hydrogen) atoms. The maximum atomic E-state index is 12.9. The molecule has 0 saturated heterocycles. The lowest BCUT2D eigenvalue weighted by Gasteiger charge is -2.14. The van der Waals surface area contributed by atoms with E-state index in [1.54, 1.807) is 55.6 Å². The number of fused-ring (bicyclic) bond motifs is 2. The second-order valence-electron chi connectivity index (χ2n) is 8.79. The van der Waals surface area contributed by atoms with Crippen LogP contribution in [0.5, 0.6) is 23.0 Å². The van der Waals surface area contributed by atoms with Crippen molar-refractivity contribution in [3.05, 3.63) is 124 Å². The van der Waals surface area contributed by atoms with Gasteiger partial charge >= 0.3 is 5.97 Å². The zero-order valence-corrected chi connectivity index (χ0v) is 21.0. The third-order valence-corrected chi connectivity index (χ3v) is 6.37. The van der Waals surface area contributed by atoms with Crippen molar-refractivity contribution < 1.29 is 33.0 Å². The van der Waals surface area contributed by atoms with Gasteiger partial charge in [-0.15, -0.1) is 0 Å². The highest BCUT2D eigenvalue weighted by Crippen LogP contribution is 2.29. The topological polar surface area (TPSA) is 112 Å². The van der Waals surface area contributed by atoms with E-state index in [9.17, 15) is 19.2 Å². The minimum absolute atomic E-state index is 0.000521. The second kappa shape index (κ2) is 9.88. The number of methoxy groups -OCH3 is 1. The number of carbonyl (C=O) groups is 3. The lowest BCUT2D eigenvalue weighted by molar-refractivity contribution is 0.0734. The smallest absolute Gasteiger partial charge is 0.343 e. The molecule has 0 aliphatic carbocycles. The Kier molecular flexibility index (Phi) is 6.08. The van der Waals surface area contributed by atoms with Gasteiger partial charge in [-0.25, -0.2) is 9.69 Å². The molecule has 0 spiro atoms. The quantitative estimate of drug-likeness (QED) is 0.157. The first kappa shape index (κ1) is 24.6. The Bertz CT molecular complexity index is 1820. The summed E-state index contributed by atoms with van der Waals surface area (Å²) < 4.78 is 21.8. The van der Waals surface area contributed by atoms with Crippen LogP contribution in [0.3, 0.4) is 0 Å². The van der Waals surface area contributed by atoms with Crippen molar-refractivity contribution >= 4 is 34.4 Å². The molecular weight excluding hydrogens is 514 g/mol. The molecule has 9 heteroatoms. The van der Waals surface area contributed by atoms with Crippen molar-refractivity contribution in [2.75, 3.05) is 12.0 Å². The van der Waals surface area contributed by atoms with E-state index < -0.39 is 23.2 Å². The van der Waals surface area contributed by atoms with Crippen LogP contribution in [-0.4, -0.2) is 24.9 Å². The molecule has 0 fully saturated rings. The van der Waals surface area contributed by atoms with Crippen molar-refractivity contribution in [2.45, 2.75) is 0 Å². The fraction of sp³-hybridized carbons (Fsp3) is 0.0323. The van der Waals surface area contributed by atoms with Gasteiger partial charge in [-0.3, -0.25) is 14.4 Å². The van der Waals surface area contributed by atoms with Gasteiger partial charge < -0.3 is 18.6 Å². The normalized spacial score (nSPS) is 12.4. The Morgan fingerprint density at radius 3 is 2.02 bits per heavy atom. The Hall–Kier alpha value is -5.70. The van der Waals surface area contributed by atoms with E-state index in [2.05, 4.69) is 0 Å². The van der Waals surface area contributed by atoms with Crippen LogP contribution in [0.1, 0.15) is 31.1 Å². The number of amides is 2. The van der Waals surface area contributed by atoms with Gasteiger partial charge in [-0.1, -0.05) is 12.1 Å². The Morgan fingerprint density at radius 2 is 1.38 bits per heavy atom. The monoisotopic (exact) mass is 533 g/mol. The van der Waals surface area contributed by atoms with Crippen LogP contribution in [0.4, 0.5) is 5.69 Å². The molecular formula is C31H19NO8. The van der Waals surface area contributed by atoms with E-state index in [0.29, 0.717) is 28.3 Å². The van der Waals surface area contributed by atoms with Crippen molar-refractivity contribution in [3.8, 4) is 23.0 Å². The molecule has 9 nitrogen and oxygen atoms in total. The number of esters is 1. The molecule has 0 N–H and O–H groups in total. The Labute approximate surface area is 226 Å². The average molecular weight is 533 g/mol. The number of hydrogen-bond donors (Lipinski definition) is 0. The van der Waals surface area contributed by atoms with Crippen molar-refractivity contribution in [1.29, 1.82) is 0 Å². The highest BCUT2D eigenvalue weighted by atomic mass is 16.5. The second-order valence-corrected chi connectivity index (χ2v) is 8.79. The fourth-order valence-electron chi connectivity index (χ4n) is 4.33. The first-order chi connectivity index (χ1) is 19.4. The predicted octanol–water partition coefficient (Wildman–Crippen LogP) is 5.61. The van der Waals surface area contributed by atoms with Crippen LogP contribution in [0.15, 0.2) is 106 Å². The molecule has 0 radical (unpaired) electrons. The first-order valence-corrected chi connectivity index (χ1v) is 12.1.